The SMILES string of the molecule is CC(C)(C)[Si](OCCOCCOCCOCCOCCOCCOCCOCCOCCOC(=O)CCC(=O)C(=O)O)(c1ccccc1)c1ccccc1. The second kappa shape index (κ2) is 29.2. The number of esters is 1. The fraction of sp³-hybridized carbons (Fsp3) is 0.615. The van der Waals surface area contributed by atoms with Crippen LogP contribution in [0.15, 0.2) is 60.7 Å². The lowest BCUT2D eigenvalue weighted by Gasteiger charge is -2.43. The van der Waals surface area contributed by atoms with Crippen molar-refractivity contribution in [1.29, 1.82) is 0 Å². The highest BCUT2D eigenvalue weighted by Gasteiger charge is 2.50. The minimum atomic E-state index is -2.55. The zero-order valence-electron chi connectivity index (χ0n) is 32.2. The number of carboxylic acids is 1. The van der Waals surface area contributed by atoms with Crippen LogP contribution in [-0.4, -0.2) is 150 Å². The molecule has 0 amide bonds. The number of ketones is 1. The molecule has 304 valence electrons. The average Bonchev–Trinajstić information content (AvgIpc) is 3.16. The summed E-state index contributed by atoms with van der Waals surface area (Å²) in [6.07, 6.45) is -0.661. The van der Waals surface area contributed by atoms with E-state index < -0.39 is 26.0 Å². The van der Waals surface area contributed by atoms with Crippen LogP contribution in [0.5, 0.6) is 0 Å². The molecule has 0 fully saturated rings. The van der Waals surface area contributed by atoms with E-state index in [1.165, 1.54) is 10.4 Å². The van der Waals surface area contributed by atoms with Crippen molar-refractivity contribution in [2.45, 2.75) is 38.7 Å². The molecule has 0 unspecified atom stereocenters. The first-order valence-corrected chi connectivity index (χ1v) is 20.4. The number of benzene rings is 2. The van der Waals surface area contributed by atoms with Crippen molar-refractivity contribution in [3.63, 3.8) is 0 Å². The van der Waals surface area contributed by atoms with Gasteiger partial charge in [-0.15, -0.1) is 0 Å². The first kappa shape index (κ1) is 47.1. The maximum absolute atomic E-state index is 11.4. The van der Waals surface area contributed by atoms with Gasteiger partial charge in [-0.25, -0.2) is 4.79 Å². The molecule has 2 aromatic carbocycles. The number of ether oxygens (including phenoxy) is 9. The molecule has 0 aromatic heterocycles. The van der Waals surface area contributed by atoms with Crippen molar-refractivity contribution in [3.05, 3.63) is 60.7 Å². The maximum Gasteiger partial charge on any atom is 0.372 e. The van der Waals surface area contributed by atoms with Gasteiger partial charge in [0.05, 0.1) is 119 Å². The number of aliphatic carboxylic acids is 1. The van der Waals surface area contributed by atoms with Crippen molar-refractivity contribution >= 4 is 36.4 Å². The van der Waals surface area contributed by atoms with Crippen LogP contribution in [0.3, 0.4) is 0 Å². The molecule has 0 heterocycles. The summed E-state index contributed by atoms with van der Waals surface area (Å²) in [7, 11) is -2.55. The molecular weight excluding hydrogens is 721 g/mol. The van der Waals surface area contributed by atoms with Crippen molar-refractivity contribution in [1.82, 2.24) is 0 Å². The molecule has 0 aliphatic rings. The van der Waals surface area contributed by atoms with Crippen LogP contribution >= 0.6 is 0 Å². The van der Waals surface area contributed by atoms with Crippen molar-refractivity contribution in [2.24, 2.45) is 0 Å². The fourth-order valence-electron chi connectivity index (χ4n) is 5.27. The van der Waals surface area contributed by atoms with E-state index in [4.69, 9.17) is 52.2 Å². The van der Waals surface area contributed by atoms with Gasteiger partial charge in [0.1, 0.15) is 6.61 Å². The lowest BCUT2D eigenvalue weighted by molar-refractivity contribution is -0.151. The summed E-state index contributed by atoms with van der Waals surface area (Å²) in [5.74, 6) is -3.24. The van der Waals surface area contributed by atoms with Crippen LogP contribution in [-0.2, 0) is 61.4 Å². The third-order valence-corrected chi connectivity index (χ3v) is 12.9. The van der Waals surface area contributed by atoms with Gasteiger partial charge in [-0.05, 0) is 15.4 Å². The molecule has 54 heavy (non-hydrogen) atoms. The van der Waals surface area contributed by atoms with Crippen LogP contribution in [0, 0.1) is 0 Å². The Morgan fingerprint density at radius 3 is 1.11 bits per heavy atom. The minimum Gasteiger partial charge on any atom is -0.476 e. The quantitative estimate of drug-likeness (QED) is 0.0477. The molecule has 0 aliphatic heterocycles. The van der Waals surface area contributed by atoms with Gasteiger partial charge in [-0.2, -0.15) is 0 Å². The number of Topliss-reactive ketones (excluding diaryl/α,β-unsaturated/α-hetero) is 1. The lowest BCUT2D eigenvalue weighted by atomic mass is 10.2. The lowest BCUT2D eigenvalue weighted by Crippen LogP contribution is -2.66. The van der Waals surface area contributed by atoms with Crippen molar-refractivity contribution in [2.75, 3.05) is 119 Å². The molecule has 0 bridgehead atoms. The van der Waals surface area contributed by atoms with E-state index in [0.29, 0.717) is 106 Å². The molecule has 2 aromatic rings. The largest absolute Gasteiger partial charge is 0.476 e. The molecule has 0 saturated heterocycles. The second-order valence-electron chi connectivity index (χ2n) is 12.9. The van der Waals surface area contributed by atoms with Crippen LogP contribution in [0.2, 0.25) is 5.04 Å². The van der Waals surface area contributed by atoms with E-state index >= 15 is 0 Å². The van der Waals surface area contributed by atoms with Crippen LogP contribution < -0.4 is 10.4 Å². The van der Waals surface area contributed by atoms with E-state index in [1.54, 1.807) is 0 Å². The van der Waals surface area contributed by atoms with Crippen LogP contribution in [0.25, 0.3) is 0 Å². The molecule has 0 spiro atoms. The van der Waals surface area contributed by atoms with E-state index in [-0.39, 0.29) is 31.1 Å². The molecule has 0 radical (unpaired) electrons. The van der Waals surface area contributed by atoms with Gasteiger partial charge >= 0.3 is 11.9 Å². The Hall–Kier alpha value is -3.09. The third kappa shape index (κ3) is 20.0. The molecule has 2 rings (SSSR count). The fourth-order valence-corrected chi connectivity index (χ4v) is 9.81. The summed E-state index contributed by atoms with van der Waals surface area (Å²) in [5, 5.41) is 10.9. The maximum atomic E-state index is 11.4. The summed E-state index contributed by atoms with van der Waals surface area (Å²) in [5.41, 5.74) is 0. The Balaban J connectivity index is 1.33. The Morgan fingerprint density at radius 1 is 0.481 bits per heavy atom. The highest BCUT2D eigenvalue weighted by Crippen LogP contribution is 2.36. The molecule has 15 heteroatoms. The van der Waals surface area contributed by atoms with Crippen LogP contribution in [0.4, 0.5) is 0 Å². The molecule has 1 N–H and O–H groups in total. The van der Waals surface area contributed by atoms with Gasteiger partial charge in [-0.1, -0.05) is 81.4 Å². The zero-order valence-corrected chi connectivity index (χ0v) is 33.2. The smallest absolute Gasteiger partial charge is 0.372 e. The number of carbonyl (C=O) groups is 3. The summed E-state index contributed by atoms with van der Waals surface area (Å²) >= 11 is 0. The minimum absolute atomic E-state index is 0.0130. The van der Waals surface area contributed by atoms with Crippen LogP contribution in [0.1, 0.15) is 33.6 Å². The van der Waals surface area contributed by atoms with Crippen molar-refractivity contribution < 1.29 is 66.5 Å². The molecular formula is C39H60O14Si. The van der Waals surface area contributed by atoms with Crippen molar-refractivity contribution in [3.8, 4) is 0 Å². The van der Waals surface area contributed by atoms with E-state index in [9.17, 15) is 14.4 Å². The van der Waals surface area contributed by atoms with Gasteiger partial charge in [0.25, 0.3) is 8.32 Å². The standard InChI is InChI=1S/C39H60O14Si/c1-39(2,3)54(34-10-6-4-7-11-34,35-12-8-5-9-13-35)53-33-31-51-29-27-49-25-23-47-21-19-45-17-16-44-18-20-46-22-24-48-26-28-50-30-32-52-37(41)15-14-36(40)38(42)43/h4-13H,14-33H2,1-3H3,(H,42,43). The number of carboxylic acid groups (broad SMARTS) is 1. The zero-order chi connectivity index (χ0) is 39.2. The summed E-state index contributed by atoms with van der Waals surface area (Å²) in [4.78, 5) is 32.7. The summed E-state index contributed by atoms with van der Waals surface area (Å²) < 4.78 is 55.8. The Bertz CT molecular complexity index is 1220. The summed E-state index contributed by atoms with van der Waals surface area (Å²) in [6, 6.07) is 21.2. The van der Waals surface area contributed by atoms with Gasteiger partial charge in [0.2, 0.25) is 5.78 Å². The monoisotopic (exact) mass is 780 g/mol. The Kier molecular flexibility index (Phi) is 25.5. The topological polar surface area (TPSA) is 164 Å². The molecule has 14 nitrogen and oxygen atoms in total. The first-order chi connectivity index (χ1) is 26.2. The number of hydrogen-bond donors (Lipinski definition) is 1. The van der Waals surface area contributed by atoms with Gasteiger partial charge in [0, 0.05) is 6.42 Å². The van der Waals surface area contributed by atoms with Gasteiger partial charge in [-0.3, -0.25) is 9.59 Å². The molecule has 0 saturated carbocycles. The Morgan fingerprint density at radius 2 is 0.796 bits per heavy atom. The van der Waals surface area contributed by atoms with E-state index in [2.05, 4.69) is 69.3 Å². The highest BCUT2D eigenvalue weighted by molar-refractivity contribution is 6.99. The molecule has 0 aliphatic carbocycles. The summed E-state index contributed by atoms with van der Waals surface area (Å²) in [6.45, 7) is 14.1. The second-order valence-corrected chi connectivity index (χ2v) is 17.2. The third-order valence-electron chi connectivity index (χ3n) is 7.85. The number of carbonyl (C=O) groups excluding carboxylic acids is 2. The number of hydrogen-bond acceptors (Lipinski definition) is 13. The predicted molar refractivity (Wildman–Crippen MR) is 203 cm³/mol. The first-order valence-electron chi connectivity index (χ1n) is 18.5. The predicted octanol–water partition coefficient (Wildman–Crippen LogP) is 2.67. The highest BCUT2D eigenvalue weighted by atomic mass is 28.4. The van der Waals surface area contributed by atoms with Gasteiger partial charge < -0.3 is 52.2 Å². The van der Waals surface area contributed by atoms with Gasteiger partial charge in [0.15, 0.2) is 0 Å². The number of rotatable bonds is 34. The average molecular weight is 781 g/mol. The molecule has 0 atom stereocenters. The Labute approximate surface area is 320 Å². The normalized spacial score (nSPS) is 11.8. The van der Waals surface area contributed by atoms with E-state index in [1.807, 2.05) is 12.1 Å². The van der Waals surface area contributed by atoms with E-state index in [0.717, 1.165) is 0 Å².